The van der Waals surface area contributed by atoms with Crippen molar-refractivity contribution in [2.45, 2.75) is 45.2 Å². The molecule has 0 spiro atoms. The highest BCUT2D eigenvalue weighted by atomic mass is 15.2. The quantitative estimate of drug-likeness (QED) is 0.408. The molecule has 1 saturated heterocycles. The van der Waals surface area contributed by atoms with Crippen molar-refractivity contribution < 1.29 is 0 Å². The maximum absolute atomic E-state index is 4.35. The number of hydrogen-bond donors (Lipinski definition) is 3. The van der Waals surface area contributed by atoms with Gasteiger partial charge in [-0.25, -0.2) is 0 Å². The first-order valence-electron chi connectivity index (χ1n) is 9.19. The SMILES string of the molecule is CN=C(NCCCNc1ccccc1)NC1CCN(C(C)C)CC1. The monoisotopic (exact) mass is 331 g/mol. The van der Waals surface area contributed by atoms with Crippen LogP contribution in [0.25, 0.3) is 0 Å². The Bertz CT molecular complexity index is 478. The first-order chi connectivity index (χ1) is 11.7. The number of nitrogens with one attached hydrogen (secondary N) is 3. The molecule has 24 heavy (non-hydrogen) atoms. The van der Waals surface area contributed by atoms with E-state index >= 15 is 0 Å². The highest BCUT2D eigenvalue weighted by Gasteiger charge is 2.21. The van der Waals surface area contributed by atoms with E-state index in [0.717, 1.165) is 25.5 Å². The number of aliphatic imine (C=N–C) groups is 1. The van der Waals surface area contributed by atoms with Crippen LogP contribution in [0.4, 0.5) is 5.69 Å². The smallest absolute Gasteiger partial charge is 0.191 e. The van der Waals surface area contributed by atoms with Gasteiger partial charge >= 0.3 is 0 Å². The summed E-state index contributed by atoms with van der Waals surface area (Å²) in [5, 5.41) is 10.4. The van der Waals surface area contributed by atoms with E-state index in [1.54, 1.807) is 0 Å². The van der Waals surface area contributed by atoms with E-state index < -0.39 is 0 Å². The van der Waals surface area contributed by atoms with Crippen LogP contribution in [-0.4, -0.2) is 56.2 Å². The molecule has 1 aromatic carbocycles. The highest BCUT2D eigenvalue weighted by molar-refractivity contribution is 5.79. The van der Waals surface area contributed by atoms with Gasteiger partial charge in [0.15, 0.2) is 5.96 Å². The van der Waals surface area contributed by atoms with Gasteiger partial charge in [-0.2, -0.15) is 0 Å². The van der Waals surface area contributed by atoms with Crippen LogP contribution in [0.3, 0.4) is 0 Å². The van der Waals surface area contributed by atoms with Crippen LogP contribution < -0.4 is 16.0 Å². The molecule has 0 radical (unpaired) electrons. The Labute approximate surface area is 146 Å². The molecule has 0 saturated carbocycles. The summed E-state index contributed by atoms with van der Waals surface area (Å²) in [6, 6.07) is 11.5. The van der Waals surface area contributed by atoms with Crippen molar-refractivity contribution in [2.75, 3.05) is 38.5 Å². The van der Waals surface area contributed by atoms with E-state index in [1.165, 1.54) is 31.6 Å². The summed E-state index contributed by atoms with van der Waals surface area (Å²) in [5.41, 5.74) is 1.18. The molecule has 1 heterocycles. The Kier molecular flexibility index (Phi) is 7.89. The molecule has 0 aromatic heterocycles. The Morgan fingerprint density at radius 3 is 2.50 bits per heavy atom. The molecule has 1 aliphatic rings. The van der Waals surface area contributed by atoms with Crippen molar-refractivity contribution in [3.05, 3.63) is 30.3 Å². The van der Waals surface area contributed by atoms with Crippen LogP contribution in [0.5, 0.6) is 0 Å². The molecule has 3 N–H and O–H groups in total. The molecule has 5 heteroatoms. The van der Waals surface area contributed by atoms with Crippen molar-refractivity contribution in [2.24, 2.45) is 4.99 Å². The predicted octanol–water partition coefficient (Wildman–Crippen LogP) is 2.53. The lowest BCUT2D eigenvalue weighted by Crippen LogP contribution is -2.50. The molecule has 1 aromatic rings. The third-order valence-corrected chi connectivity index (χ3v) is 4.57. The molecule has 2 rings (SSSR count). The lowest BCUT2D eigenvalue weighted by atomic mass is 10.0. The summed E-state index contributed by atoms with van der Waals surface area (Å²) in [4.78, 5) is 6.90. The fourth-order valence-electron chi connectivity index (χ4n) is 3.03. The minimum atomic E-state index is 0.536. The molecule has 1 fully saturated rings. The van der Waals surface area contributed by atoms with Crippen LogP contribution in [0.15, 0.2) is 35.3 Å². The number of anilines is 1. The summed E-state index contributed by atoms with van der Waals surface area (Å²) >= 11 is 0. The zero-order valence-corrected chi connectivity index (χ0v) is 15.4. The zero-order valence-electron chi connectivity index (χ0n) is 15.4. The molecule has 5 nitrogen and oxygen atoms in total. The fourth-order valence-corrected chi connectivity index (χ4v) is 3.03. The lowest BCUT2D eigenvalue weighted by molar-refractivity contribution is 0.167. The average molecular weight is 332 g/mol. The maximum Gasteiger partial charge on any atom is 0.191 e. The Balaban J connectivity index is 1.59. The van der Waals surface area contributed by atoms with Crippen LogP contribution in [0.2, 0.25) is 0 Å². The van der Waals surface area contributed by atoms with Gasteiger partial charge < -0.3 is 20.9 Å². The molecule has 0 aliphatic carbocycles. The Morgan fingerprint density at radius 1 is 1.17 bits per heavy atom. The molecule has 0 bridgehead atoms. The Morgan fingerprint density at radius 2 is 1.88 bits per heavy atom. The van der Waals surface area contributed by atoms with Gasteiger partial charge in [-0.15, -0.1) is 0 Å². The number of rotatable bonds is 7. The zero-order chi connectivity index (χ0) is 17.2. The van der Waals surface area contributed by atoms with E-state index in [1.807, 2.05) is 13.1 Å². The lowest BCUT2D eigenvalue weighted by Gasteiger charge is -2.35. The van der Waals surface area contributed by atoms with Gasteiger partial charge in [-0.1, -0.05) is 18.2 Å². The van der Waals surface area contributed by atoms with Crippen molar-refractivity contribution >= 4 is 11.6 Å². The van der Waals surface area contributed by atoms with Crippen molar-refractivity contribution in [1.29, 1.82) is 0 Å². The molecule has 0 atom stereocenters. The molecule has 0 unspecified atom stereocenters. The Hall–Kier alpha value is -1.75. The number of piperidine rings is 1. The average Bonchev–Trinajstić information content (AvgIpc) is 2.61. The second kappa shape index (κ2) is 10.2. The van der Waals surface area contributed by atoms with Gasteiger partial charge in [0.2, 0.25) is 0 Å². The summed E-state index contributed by atoms with van der Waals surface area (Å²) < 4.78 is 0. The van der Waals surface area contributed by atoms with E-state index in [0.29, 0.717) is 12.1 Å². The summed E-state index contributed by atoms with van der Waals surface area (Å²) in [5.74, 6) is 0.928. The van der Waals surface area contributed by atoms with Crippen molar-refractivity contribution in [3.63, 3.8) is 0 Å². The first kappa shape index (κ1) is 18.6. The summed E-state index contributed by atoms with van der Waals surface area (Å²) in [6.45, 7) is 8.78. The van der Waals surface area contributed by atoms with Crippen LogP contribution in [0.1, 0.15) is 33.1 Å². The third kappa shape index (κ3) is 6.40. The first-order valence-corrected chi connectivity index (χ1v) is 9.19. The molecular weight excluding hydrogens is 298 g/mol. The van der Waals surface area contributed by atoms with Gasteiger partial charge in [-0.3, -0.25) is 4.99 Å². The van der Waals surface area contributed by atoms with E-state index in [9.17, 15) is 0 Å². The van der Waals surface area contributed by atoms with E-state index in [2.05, 4.69) is 64.0 Å². The molecule has 1 aliphatic heterocycles. The standard InChI is InChI=1S/C19H33N5/c1-16(2)24-14-10-18(11-15-24)23-19(20-3)22-13-7-12-21-17-8-5-4-6-9-17/h4-6,8-9,16,18,21H,7,10-15H2,1-3H3,(H2,20,22,23). The van der Waals surface area contributed by atoms with Gasteiger partial charge in [0.25, 0.3) is 0 Å². The molecule has 134 valence electrons. The normalized spacial score (nSPS) is 17.1. The number of nitrogens with zero attached hydrogens (tertiary/aromatic N) is 2. The number of benzene rings is 1. The van der Waals surface area contributed by atoms with Crippen LogP contribution in [-0.2, 0) is 0 Å². The van der Waals surface area contributed by atoms with Gasteiger partial charge in [0.05, 0.1) is 0 Å². The fraction of sp³-hybridized carbons (Fsp3) is 0.632. The second-order valence-corrected chi connectivity index (χ2v) is 6.69. The topological polar surface area (TPSA) is 51.7 Å². The molecular formula is C19H33N5. The minimum absolute atomic E-state index is 0.536. The predicted molar refractivity (Wildman–Crippen MR) is 104 cm³/mol. The summed E-state index contributed by atoms with van der Waals surface area (Å²) in [6.07, 6.45) is 3.43. The number of hydrogen-bond acceptors (Lipinski definition) is 3. The highest BCUT2D eigenvalue weighted by Crippen LogP contribution is 2.12. The van der Waals surface area contributed by atoms with Crippen molar-refractivity contribution in [3.8, 4) is 0 Å². The number of likely N-dealkylation sites (tertiary alicyclic amines) is 1. The third-order valence-electron chi connectivity index (χ3n) is 4.57. The number of para-hydroxylation sites is 1. The van der Waals surface area contributed by atoms with Crippen LogP contribution >= 0.6 is 0 Å². The summed E-state index contributed by atoms with van der Waals surface area (Å²) in [7, 11) is 1.85. The van der Waals surface area contributed by atoms with Crippen molar-refractivity contribution in [1.82, 2.24) is 15.5 Å². The maximum atomic E-state index is 4.35. The van der Waals surface area contributed by atoms with Gasteiger partial charge in [0, 0.05) is 51.0 Å². The second-order valence-electron chi connectivity index (χ2n) is 6.69. The van der Waals surface area contributed by atoms with Crippen LogP contribution in [0, 0.1) is 0 Å². The van der Waals surface area contributed by atoms with E-state index in [4.69, 9.17) is 0 Å². The molecule has 0 amide bonds. The van der Waals surface area contributed by atoms with Gasteiger partial charge in [-0.05, 0) is 45.2 Å². The number of guanidine groups is 1. The largest absolute Gasteiger partial charge is 0.385 e. The van der Waals surface area contributed by atoms with Gasteiger partial charge in [0.1, 0.15) is 0 Å². The minimum Gasteiger partial charge on any atom is -0.385 e. The van der Waals surface area contributed by atoms with E-state index in [-0.39, 0.29) is 0 Å².